The Labute approximate surface area is 113 Å². The summed E-state index contributed by atoms with van der Waals surface area (Å²) < 4.78 is 6.52. The second-order valence-electron chi connectivity index (χ2n) is 4.36. The molecule has 0 amide bonds. The average molecular weight is 255 g/mol. The first-order chi connectivity index (χ1) is 9.25. The van der Waals surface area contributed by atoms with Crippen molar-refractivity contribution in [1.29, 1.82) is 0 Å². The molecule has 3 nitrogen and oxygen atoms in total. The Kier molecular flexibility index (Phi) is 4.56. The molecular formula is C16H17NO2. The molecule has 0 fully saturated rings. The molecule has 0 radical (unpaired) electrons. The van der Waals surface area contributed by atoms with Gasteiger partial charge in [0.15, 0.2) is 18.9 Å². The number of rotatable bonds is 5. The molecule has 0 heterocycles. The van der Waals surface area contributed by atoms with E-state index in [-0.39, 0.29) is 0 Å². The third kappa shape index (κ3) is 4.14. The highest BCUT2D eigenvalue weighted by atomic mass is 16.5. The van der Waals surface area contributed by atoms with Gasteiger partial charge in [-0.25, -0.2) is 4.74 Å². The highest BCUT2D eigenvalue weighted by Gasteiger charge is 2.05. The maximum Gasteiger partial charge on any atom is 0.198 e. The number of benzene rings is 2. The van der Waals surface area contributed by atoms with Crippen LogP contribution in [0.1, 0.15) is 12.5 Å². The monoisotopic (exact) mass is 255 g/mol. The Morgan fingerprint density at radius 2 is 1.58 bits per heavy atom. The number of hydroxylamine groups is 1. The maximum absolute atomic E-state index is 11.9. The summed E-state index contributed by atoms with van der Waals surface area (Å²) in [6.07, 6.45) is 0. The number of nitrogens with zero attached hydrogens (tertiary/aromatic N) is 1. The van der Waals surface area contributed by atoms with E-state index in [0.29, 0.717) is 18.9 Å². The molecule has 0 aliphatic carbocycles. The van der Waals surface area contributed by atoms with Crippen LogP contribution in [-0.2, 0) is 6.54 Å². The first-order valence-electron chi connectivity index (χ1n) is 6.24. The lowest BCUT2D eigenvalue weighted by atomic mass is 10.2. The summed E-state index contributed by atoms with van der Waals surface area (Å²) >= 11 is 0. The third-order valence-electron chi connectivity index (χ3n) is 2.79. The summed E-state index contributed by atoms with van der Waals surface area (Å²) in [4.78, 5) is 0. The molecule has 0 atom stereocenters. The van der Waals surface area contributed by atoms with E-state index in [2.05, 4.69) is 0 Å². The lowest BCUT2D eigenvalue weighted by Crippen LogP contribution is -2.19. The van der Waals surface area contributed by atoms with Crippen LogP contribution < -0.4 is 4.74 Å². The van der Waals surface area contributed by atoms with Crippen molar-refractivity contribution in [3.63, 3.8) is 0 Å². The van der Waals surface area contributed by atoms with Gasteiger partial charge in [-0.1, -0.05) is 48.5 Å². The van der Waals surface area contributed by atoms with E-state index < -0.39 is 0 Å². The predicted octanol–water partition coefficient (Wildman–Crippen LogP) is 3.24. The molecule has 0 aromatic heterocycles. The van der Waals surface area contributed by atoms with E-state index in [9.17, 15) is 5.21 Å². The zero-order valence-corrected chi connectivity index (χ0v) is 11.0. The molecule has 0 saturated carbocycles. The van der Waals surface area contributed by atoms with Crippen LogP contribution in [0, 0.1) is 5.21 Å². The molecule has 98 valence electrons. The van der Waals surface area contributed by atoms with Crippen LogP contribution >= 0.6 is 0 Å². The van der Waals surface area contributed by atoms with Crippen molar-refractivity contribution in [1.82, 2.24) is 0 Å². The second kappa shape index (κ2) is 6.59. The molecule has 19 heavy (non-hydrogen) atoms. The Morgan fingerprint density at radius 3 is 2.21 bits per heavy atom. The van der Waals surface area contributed by atoms with E-state index >= 15 is 0 Å². The minimum Gasteiger partial charge on any atom is -0.624 e. The molecule has 0 unspecified atom stereocenters. The molecule has 0 bridgehead atoms. The van der Waals surface area contributed by atoms with Crippen LogP contribution in [0.25, 0.3) is 0 Å². The smallest absolute Gasteiger partial charge is 0.198 e. The average Bonchev–Trinajstić information content (AvgIpc) is 2.47. The lowest BCUT2D eigenvalue weighted by molar-refractivity contribution is -0.476. The topological polar surface area (TPSA) is 35.3 Å². The fourth-order valence-corrected chi connectivity index (χ4v) is 1.66. The van der Waals surface area contributed by atoms with Crippen molar-refractivity contribution < 1.29 is 9.48 Å². The van der Waals surface area contributed by atoms with Crippen molar-refractivity contribution in [3.8, 4) is 5.75 Å². The van der Waals surface area contributed by atoms with Crippen LogP contribution in [0.5, 0.6) is 5.75 Å². The maximum atomic E-state index is 11.9. The van der Waals surface area contributed by atoms with E-state index in [1.54, 1.807) is 6.92 Å². The molecule has 0 spiro atoms. The van der Waals surface area contributed by atoms with Gasteiger partial charge in [-0.05, 0) is 12.1 Å². The number of para-hydroxylation sites is 1. The molecule has 2 rings (SSSR count). The molecular weight excluding hydrogens is 238 g/mol. The Morgan fingerprint density at radius 1 is 1.00 bits per heavy atom. The molecule has 0 N–H and O–H groups in total. The summed E-state index contributed by atoms with van der Waals surface area (Å²) in [5.41, 5.74) is 1.66. The van der Waals surface area contributed by atoms with E-state index in [1.807, 2.05) is 60.7 Å². The van der Waals surface area contributed by atoms with Crippen molar-refractivity contribution >= 4 is 5.71 Å². The van der Waals surface area contributed by atoms with Crippen molar-refractivity contribution in [2.45, 2.75) is 13.5 Å². The van der Waals surface area contributed by atoms with Crippen LogP contribution in [0.4, 0.5) is 0 Å². The van der Waals surface area contributed by atoms with Gasteiger partial charge in [0.25, 0.3) is 0 Å². The predicted molar refractivity (Wildman–Crippen MR) is 76.4 cm³/mol. The highest BCUT2D eigenvalue weighted by molar-refractivity contribution is 5.78. The molecule has 0 aliphatic heterocycles. The zero-order chi connectivity index (χ0) is 13.5. The minimum atomic E-state index is 0.306. The summed E-state index contributed by atoms with van der Waals surface area (Å²) in [7, 11) is 0. The van der Waals surface area contributed by atoms with Gasteiger partial charge >= 0.3 is 0 Å². The summed E-state index contributed by atoms with van der Waals surface area (Å²) in [5, 5.41) is 11.9. The molecule has 2 aromatic carbocycles. The number of hydrogen-bond acceptors (Lipinski definition) is 2. The minimum absolute atomic E-state index is 0.306. The molecule has 2 aromatic rings. The number of ether oxygens (including phenoxy) is 1. The van der Waals surface area contributed by atoms with Gasteiger partial charge in [-0.2, -0.15) is 0 Å². The zero-order valence-electron chi connectivity index (χ0n) is 11.0. The van der Waals surface area contributed by atoms with Crippen molar-refractivity contribution in [3.05, 3.63) is 71.4 Å². The van der Waals surface area contributed by atoms with E-state index in [4.69, 9.17) is 4.74 Å². The first kappa shape index (κ1) is 13.1. The van der Waals surface area contributed by atoms with Crippen LogP contribution in [0.2, 0.25) is 0 Å². The van der Waals surface area contributed by atoms with Gasteiger partial charge in [-0.15, -0.1) is 0 Å². The van der Waals surface area contributed by atoms with Gasteiger partial charge in [0.05, 0.1) is 0 Å². The summed E-state index contributed by atoms with van der Waals surface area (Å²) in [6, 6.07) is 19.2. The quantitative estimate of drug-likeness (QED) is 0.356. The van der Waals surface area contributed by atoms with Crippen molar-refractivity contribution in [2.75, 3.05) is 6.61 Å². The van der Waals surface area contributed by atoms with Crippen LogP contribution in [0.15, 0.2) is 60.7 Å². The molecule has 0 saturated heterocycles. The third-order valence-corrected chi connectivity index (χ3v) is 2.79. The fraction of sp³-hybridized carbons (Fsp3) is 0.188. The van der Waals surface area contributed by atoms with Crippen molar-refractivity contribution in [2.24, 2.45) is 0 Å². The van der Waals surface area contributed by atoms with E-state index in [1.165, 1.54) is 0 Å². The van der Waals surface area contributed by atoms with Gasteiger partial charge in [-0.3, -0.25) is 0 Å². The Hall–Kier alpha value is -2.29. The first-order valence-corrected chi connectivity index (χ1v) is 6.24. The van der Waals surface area contributed by atoms with Crippen LogP contribution in [0.3, 0.4) is 0 Å². The normalized spacial score (nSPS) is 11.8. The summed E-state index contributed by atoms with van der Waals surface area (Å²) in [5.74, 6) is 0.773. The second-order valence-corrected chi connectivity index (χ2v) is 4.36. The number of hydrogen-bond donors (Lipinski definition) is 0. The van der Waals surface area contributed by atoms with Gasteiger partial charge in [0, 0.05) is 12.5 Å². The Bertz CT molecular complexity index is 535. The molecule has 3 heteroatoms. The van der Waals surface area contributed by atoms with Crippen LogP contribution in [-0.4, -0.2) is 17.1 Å². The molecule has 0 aliphatic rings. The fourth-order valence-electron chi connectivity index (χ4n) is 1.66. The summed E-state index contributed by atoms with van der Waals surface area (Å²) in [6.45, 7) is 2.45. The Balaban J connectivity index is 1.94. The van der Waals surface area contributed by atoms with Gasteiger partial charge < -0.3 is 9.94 Å². The van der Waals surface area contributed by atoms with Gasteiger partial charge in [0.2, 0.25) is 0 Å². The highest BCUT2D eigenvalue weighted by Crippen LogP contribution is 2.08. The largest absolute Gasteiger partial charge is 0.624 e. The van der Waals surface area contributed by atoms with E-state index in [0.717, 1.165) is 16.1 Å². The lowest BCUT2D eigenvalue weighted by Gasteiger charge is -2.09. The van der Waals surface area contributed by atoms with Gasteiger partial charge in [0.1, 0.15) is 5.75 Å². The SMILES string of the molecule is C/C(COc1ccccc1)=[N+](/[O-])Cc1ccccc1. The standard InChI is InChI=1S/C16H17NO2/c1-14(13-19-16-10-6-3-7-11-16)17(18)12-15-8-4-2-5-9-15/h2-11H,12-13H2,1H3/b17-14-.